The lowest BCUT2D eigenvalue weighted by Crippen LogP contribution is -1.91. The third kappa shape index (κ3) is 4.00. The van der Waals surface area contributed by atoms with Crippen LogP contribution in [0, 0.1) is 0 Å². The van der Waals surface area contributed by atoms with E-state index in [1.165, 1.54) is 96.6 Å². The molecule has 1 heterocycles. The second kappa shape index (κ2) is 10.4. The highest BCUT2D eigenvalue weighted by atomic mass is 32.1. The molecular formula is C46H28S. The van der Waals surface area contributed by atoms with E-state index in [2.05, 4.69) is 170 Å². The van der Waals surface area contributed by atoms with Crippen molar-refractivity contribution in [3.63, 3.8) is 0 Å². The van der Waals surface area contributed by atoms with Crippen LogP contribution in [0.3, 0.4) is 0 Å². The lowest BCUT2D eigenvalue weighted by molar-refractivity contribution is 1.63. The average molecular weight is 613 g/mol. The van der Waals surface area contributed by atoms with Crippen LogP contribution in [0.2, 0.25) is 0 Å². The molecule has 0 nitrogen and oxygen atoms in total. The zero-order chi connectivity index (χ0) is 30.9. The zero-order valence-corrected chi connectivity index (χ0v) is 26.4. The van der Waals surface area contributed by atoms with Crippen molar-refractivity contribution in [1.82, 2.24) is 0 Å². The molecule has 9 aromatic carbocycles. The number of fused-ring (bicyclic) bond motifs is 10. The van der Waals surface area contributed by atoms with Crippen molar-refractivity contribution in [3.8, 4) is 33.4 Å². The molecule has 0 atom stereocenters. The minimum atomic E-state index is 1.23. The van der Waals surface area contributed by atoms with Crippen LogP contribution in [0.15, 0.2) is 170 Å². The van der Waals surface area contributed by atoms with Gasteiger partial charge in [-0.2, -0.15) is 0 Å². The Balaban J connectivity index is 1.22. The number of rotatable bonds is 3. The summed E-state index contributed by atoms with van der Waals surface area (Å²) < 4.78 is 2.70. The van der Waals surface area contributed by atoms with Crippen LogP contribution in [-0.2, 0) is 0 Å². The first-order valence-electron chi connectivity index (χ1n) is 16.2. The van der Waals surface area contributed by atoms with E-state index in [1.54, 1.807) is 0 Å². The van der Waals surface area contributed by atoms with Crippen molar-refractivity contribution in [1.29, 1.82) is 0 Å². The third-order valence-electron chi connectivity index (χ3n) is 9.82. The Hall–Kier alpha value is -5.76. The molecule has 10 aromatic rings. The molecule has 0 aliphatic heterocycles. The molecule has 1 heteroatoms. The summed E-state index contributed by atoms with van der Waals surface area (Å²) >= 11 is 1.91. The number of hydrogen-bond acceptors (Lipinski definition) is 1. The highest BCUT2D eigenvalue weighted by molar-refractivity contribution is 7.27. The van der Waals surface area contributed by atoms with E-state index in [0.29, 0.717) is 0 Å². The molecule has 1 aromatic heterocycles. The number of benzene rings is 9. The fourth-order valence-corrected chi connectivity index (χ4v) is 9.03. The lowest BCUT2D eigenvalue weighted by Gasteiger charge is -2.18. The Morgan fingerprint density at radius 1 is 0.277 bits per heavy atom. The van der Waals surface area contributed by atoms with Crippen LogP contribution < -0.4 is 0 Å². The molecule has 0 bridgehead atoms. The molecular weight excluding hydrogens is 585 g/mol. The first kappa shape index (κ1) is 26.5. The van der Waals surface area contributed by atoms with Crippen molar-refractivity contribution in [2.24, 2.45) is 0 Å². The maximum atomic E-state index is 2.42. The smallest absolute Gasteiger partial charge is 0.0440 e. The molecule has 0 saturated heterocycles. The van der Waals surface area contributed by atoms with Crippen LogP contribution >= 0.6 is 11.3 Å². The van der Waals surface area contributed by atoms with Crippen LogP contribution in [0.1, 0.15) is 0 Å². The topological polar surface area (TPSA) is 0 Å². The van der Waals surface area contributed by atoms with Gasteiger partial charge < -0.3 is 0 Å². The summed E-state index contributed by atoms with van der Waals surface area (Å²) in [7, 11) is 0. The number of hydrogen-bond donors (Lipinski definition) is 0. The molecule has 0 amide bonds. The minimum absolute atomic E-state index is 1.23. The normalized spacial score (nSPS) is 11.8. The van der Waals surface area contributed by atoms with Crippen molar-refractivity contribution in [3.05, 3.63) is 170 Å². The zero-order valence-electron chi connectivity index (χ0n) is 25.6. The lowest BCUT2D eigenvalue weighted by atomic mass is 9.85. The Kier molecular flexibility index (Phi) is 5.85. The van der Waals surface area contributed by atoms with Crippen molar-refractivity contribution >= 4 is 74.6 Å². The first-order chi connectivity index (χ1) is 23.3. The van der Waals surface area contributed by atoms with E-state index in [4.69, 9.17) is 0 Å². The van der Waals surface area contributed by atoms with E-state index >= 15 is 0 Å². The Bertz CT molecular complexity index is 2780. The Labute approximate surface area is 276 Å². The molecule has 0 N–H and O–H groups in total. The van der Waals surface area contributed by atoms with E-state index in [0.717, 1.165) is 0 Å². The largest absolute Gasteiger partial charge is 0.135 e. The van der Waals surface area contributed by atoms with Crippen LogP contribution in [-0.4, -0.2) is 0 Å². The highest BCUT2D eigenvalue weighted by Gasteiger charge is 2.18. The third-order valence-corrected chi connectivity index (χ3v) is 11.0. The van der Waals surface area contributed by atoms with Crippen LogP contribution in [0.25, 0.3) is 96.6 Å². The minimum Gasteiger partial charge on any atom is -0.135 e. The van der Waals surface area contributed by atoms with Crippen molar-refractivity contribution in [2.45, 2.75) is 0 Å². The number of thiophene rings is 1. The van der Waals surface area contributed by atoms with Gasteiger partial charge >= 0.3 is 0 Å². The van der Waals surface area contributed by atoms with E-state index in [9.17, 15) is 0 Å². The second-order valence-electron chi connectivity index (χ2n) is 12.4. The molecule has 0 radical (unpaired) electrons. The monoisotopic (exact) mass is 612 g/mol. The predicted octanol–water partition coefficient (Wildman–Crippen LogP) is 13.7. The maximum Gasteiger partial charge on any atom is 0.0440 e. The average Bonchev–Trinajstić information content (AvgIpc) is 3.54. The van der Waals surface area contributed by atoms with Gasteiger partial charge in [0.2, 0.25) is 0 Å². The Morgan fingerprint density at radius 2 is 0.745 bits per heavy atom. The quantitative estimate of drug-likeness (QED) is 0.138. The first-order valence-corrected chi connectivity index (χ1v) is 17.0. The summed E-state index contributed by atoms with van der Waals surface area (Å²) in [6, 6.07) is 62.6. The van der Waals surface area contributed by atoms with Gasteiger partial charge in [-0.1, -0.05) is 152 Å². The van der Waals surface area contributed by atoms with Crippen LogP contribution in [0.5, 0.6) is 0 Å². The standard InChI is InChI=1S/C46H28S/c1-2-13-29(14-3-1)43-36-20-7-9-22-38(36)44(39-23-10-8-21-37(39)43)32-16-12-15-30(27-32)31-25-26-42-41(28-31)45-35-19-6-4-17-33(35)34-18-5-11-24-40(34)46(45)47-42/h1-28H. The molecule has 0 saturated carbocycles. The Morgan fingerprint density at radius 3 is 1.40 bits per heavy atom. The summed E-state index contributed by atoms with van der Waals surface area (Å²) in [5, 5.41) is 13.1. The summed E-state index contributed by atoms with van der Waals surface area (Å²) in [5.41, 5.74) is 7.54. The van der Waals surface area contributed by atoms with Crippen LogP contribution in [0.4, 0.5) is 0 Å². The van der Waals surface area contributed by atoms with E-state index in [1.807, 2.05) is 11.3 Å². The molecule has 0 aliphatic carbocycles. The fraction of sp³-hybridized carbons (Fsp3) is 0. The van der Waals surface area contributed by atoms with Crippen molar-refractivity contribution < 1.29 is 0 Å². The molecule has 0 fully saturated rings. The summed E-state index contributed by atoms with van der Waals surface area (Å²) in [6.07, 6.45) is 0. The molecule has 0 unspecified atom stereocenters. The predicted molar refractivity (Wildman–Crippen MR) is 206 cm³/mol. The van der Waals surface area contributed by atoms with Gasteiger partial charge in [0.1, 0.15) is 0 Å². The van der Waals surface area contributed by atoms with Crippen molar-refractivity contribution in [2.75, 3.05) is 0 Å². The van der Waals surface area contributed by atoms with E-state index < -0.39 is 0 Å². The van der Waals surface area contributed by atoms with Gasteiger partial charge in [0.05, 0.1) is 0 Å². The molecule has 218 valence electrons. The van der Waals surface area contributed by atoms with Gasteiger partial charge in [0, 0.05) is 25.6 Å². The summed E-state index contributed by atoms with van der Waals surface area (Å²) in [4.78, 5) is 0. The van der Waals surface area contributed by atoms with Gasteiger partial charge in [0.15, 0.2) is 0 Å². The van der Waals surface area contributed by atoms with Gasteiger partial charge in [-0.05, 0) is 89.3 Å². The second-order valence-corrected chi connectivity index (χ2v) is 13.4. The molecule has 47 heavy (non-hydrogen) atoms. The maximum absolute atomic E-state index is 2.42. The fourth-order valence-electron chi connectivity index (χ4n) is 7.80. The van der Waals surface area contributed by atoms with Gasteiger partial charge in [-0.3, -0.25) is 0 Å². The molecule has 10 rings (SSSR count). The van der Waals surface area contributed by atoms with Gasteiger partial charge in [-0.25, -0.2) is 0 Å². The summed E-state index contributed by atoms with van der Waals surface area (Å²) in [6.45, 7) is 0. The van der Waals surface area contributed by atoms with Gasteiger partial charge in [0.25, 0.3) is 0 Å². The SMILES string of the molecule is c1ccc(-c2c3ccccc3c(-c3cccc(-c4ccc5sc6c7ccccc7c7ccccc7c6c5c4)c3)c3ccccc23)cc1. The molecule has 0 aliphatic rings. The van der Waals surface area contributed by atoms with Gasteiger partial charge in [-0.15, -0.1) is 11.3 Å². The summed E-state index contributed by atoms with van der Waals surface area (Å²) in [5.74, 6) is 0. The van der Waals surface area contributed by atoms with E-state index in [-0.39, 0.29) is 0 Å². The molecule has 0 spiro atoms. The highest BCUT2D eigenvalue weighted by Crippen LogP contribution is 2.46.